The Bertz CT molecular complexity index is 1110. The lowest BCUT2D eigenvalue weighted by molar-refractivity contribution is -0.127. The van der Waals surface area contributed by atoms with Crippen molar-refractivity contribution in [2.75, 3.05) is 37.3 Å². The molecule has 0 radical (unpaired) electrons. The van der Waals surface area contributed by atoms with E-state index in [1.807, 2.05) is 0 Å². The molecule has 2 aliphatic heterocycles. The van der Waals surface area contributed by atoms with Gasteiger partial charge in [0.15, 0.2) is 11.6 Å². The topological polar surface area (TPSA) is 127 Å². The van der Waals surface area contributed by atoms with Crippen LogP contribution in [-0.4, -0.2) is 52.7 Å². The van der Waals surface area contributed by atoms with E-state index >= 15 is 4.39 Å². The second kappa shape index (κ2) is 7.51. The highest BCUT2D eigenvalue weighted by atomic mass is 19.1. The van der Waals surface area contributed by atoms with Gasteiger partial charge in [-0.1, -0.05) is 0 Å². The van der Waals surface area contributed by atoms with E-state index in [9.17, 15) is 19.5 Å². The molecule has 3 heterocycles. The predicted molar refractivity (Wildman–Crippen MR) is 109 cm³/mol. The lowest BCUT2D eigenvalue weighted by atomic mass is 10.0. The Morgan fingerprint density at radius 2 is 2.20 bits per heavy atom. The summed E-state index contributed by atoms with van der Waals surface area (Å²) in [7, 11) is 0. The molecule has 0 saturated carbocycles. The lowest BCUT2D eigenvalue weighted by Crippen LogP contribution is -2.29. The maximum absolute atomic E-state index is 15.1. The summed E-state index contributed by atoms with van der Waals surface area (Å²) in [5, 5.41) is 12.2. The third kappa shape index (κ3) is 3.12. The number of aromatic carboxylic acids is 1. The number of likely N-dealkylation sites (tertiary alicyclic amines) is 1. The van der Waals surface area contributed by atoms with Gasteiger partial charge in [0, 0.05) is 32.3 Å². The minimum Gasteiger partial charge on any atom is -0.487 e. The second-order valence-electron chi connectivity index (χ2n) is 7.66. The van der Waals surface area contributed by atoms with Crippen molar-refractivity contribution >= 4 is 34.2 Å². The zero-order valence-electron chi connectivity index (χ0n) is 16.5. The summed E-state index contributed by atoms with van der Waals surface area (Å²) < 4.78 is 22.5. The van der Waals surface area contributed by atoms with Crippen LogP contribution in [0.2, 0.25) is 0 Å². The quantitative estimate of drug-likeness (QED) is 0.482. The molecule has 30 heavy (non-hydrogen) atoms. The number of nitrogens with two attached hydrogens (primary N) is 1. The minimum absolute atomic E-state index is 0.0378. The van der Waals surface area contributed by atoms with Crippen LogP contribution in [-0.2, 0) is 4.79 Å². The fourth-order valence-electron chi connectivity index (χ4n) is 4.08. The van der Waals surface area contributed by atoms with Gasteiger partial charge in [0.05, 0.1) is 22.6 Å². The van der Waals surface area contributed by atoms with Crippen LogP contribution in [0, 0.1) is 5.82 Å². The van der Waals surface area contributed by atoms with E-state index in [1.165, 1.54) is 6.20 Å². The molecule has 1 atom stereocenters. The second-order valence-corrected chi connectivity index (χ2v) is 7.66. The molecule has 0 bridgehead atoms. The van der Waals surface area contributed by atoms with E-state index in [0.29, 0.717) is 25.9 Å². The summed E-state index contributed by atoms with van der Waals surface area (Å²) >= 11 is 0. The number of carbonyl (C=O) groups is 2. The third-order valence-electron chi connectivity index (χ3n) is 5.65. The third-order valence-corrected chi connectivity index (χ3v) is 5.65. The van der Waals surface area contributed by atoms with Crippen molar-refractivity contribution in [2.45, 2.75) is 32.2 Å². The number of carbonyl (C=O) groups excluding carboxylic acids is 1. The van der Waals surface area contributed by atoms with Crippen LogP contribution < -0.4 is 21.2 Å². The highest BCUT2D eigenvalue weighted by molar-refractivity contribution is 6.03. The lowest BCUT2D eigenvalue weighted by Gasteiger charge is -2.29. The summed E-state index contributed by atoms with van der Waals surface area (Å²) in [4.78, 5) is 37.7. The first-order valence-electron chi connectivity index (χ1n) is 9.88. The Kier molecular flexibility index (Phi) is 5.00. The molecule has 4 N–H and O–H groups in total. The molecule has 1 saturated heterocycles. The average molecular weight is 418 g/mol. The normalized spacial score (nSPS) is 18.0. The average Bonchev–Trinajstić information content (AvgIpc) is 3.11. The van der Waals surface area contributed by atoms with Crippen LogP contribution >= 0.6 is 0 Å². The van der Waals surface area contributed by atoms with Gasteiger partial charge < -0.3 is 30.4 Å². The van der Waals surface area contributed by atoms with Crippen LogP contribution in [0.3, 0.4) is 0 Å². The molecule has 2 aromatic rings. The number of rotatable bonds is 6. The number of hydrogen-bond donors (Lipinski definition) is 3. The molecule has 1 aromatic heterocycles. The molecule has 2 aliphatic rings. The fraction of sp³-hybridized carbons (Fsp3) is 0.450. The number of aromatic nitrogens is 1. The van der Waals surface area contributed by atoms with Crippen LogP contribution in [0.15, 0.2) is 11.0 Å². The predicted octanol–water partition coefficient (Wildman–Crippen LogP) is 1.80. The number of nitrogens with one attached hydrogen (secondary N) is 1. The summed E-state index contributed by atoms with van der Waals surface area (Å²) in [6, 6.07) is -0.266. The van der Waals surface area contributed by atoms with E-state index in [0.717, 1.165) is 13.0 Å². The van der Waals surface area contributed by atoms with Gasteiger partial charge in [0.2, 0.25) is 11.3 Å². The minimum atomic E-state index is -1.40. The maximum atomic E-state index is 15.1. The van der Waals surface area contributed by atoms with Crippen molar-refractivity contribution in [3.8, 4) is 5.75 Å². The number of nitrogens with zero attached hydrogens (tertiary/aromatic N) is 2. The van der Waals surface area contributed by atoms with Gasteiger partial charge in [-0.3, -0.25) is 9.59 Å². The number of nitrogen functional groups attached to an aromatic ring is 1. The highest BCUT2D eigenvalue weighted by Crippen LogP contribution is 2.43. The smallest absolute Gasteiger partial charge is 0.341 e. The van der Waals surface area contributed by atoms with Gasteiger partial charge in [0.25, 0.3) is 0 Å². The zero-order chi connectivity index (χ0) is 21.6. The standard InChI is InChI=1S/C20H23FN4O5/c1-10-9-30-19-16(23-5-3-7-24-6-2-4-12(24)26)14(21)15(22)13-17(19)25(10)8-11(18(13)27)20(28)29/h8,10,23H,2-7,9,22H2,1H3,(H,28,29). The largest absolute Gasteiger partial charge is 0.487 e. The fourth-order valence-corrected chi connectivity index (χ4v) is 4.08. The van der Waals surface area contributed by atoms with Crippen molar-refractivity contribution < 1.29 is 23.8 Å². The number of amides is 1. The van der Waals surface area contributed by atoms with E-state index in [-0.39, 0.29) is 40.9 Å². The number of pyridine rings is 1. The van der Waals surface area contributed by atoms with Crippen molar-refractivity contribution in [2.24, 2.45) is 0 Å². The summed E-state index contributed by atoms with van der Waals surface area (Å²) in [5.74, 6) is -1.98. The molecule has 1 fully saturated rings. The molecule has 4 rings (SSSR count). The van der Waals surface area contributed by atoms with Crippen LogP contribution in [0.4, 0.5) is 15.8 Å². The zero-order valence-corrected chi connectivity index (χ0v) is 16.5. The first-order chi connectivity index (χ1) is 14.3. The number of halogens is 1. The van der Waals surface area contributed by atoms with E-state index in [4.69, 9.17) is 10.5 Å². The van der Waals surface area contributed by atoms with Gasteiger partial charge in [-0.15, -0.1) is 0 Å². The van der Waals surface area contributed by atoms with E-state index < -0.39 is 28.5 Å². The summed E-state index contributed by atoms with van der Waals surface area (Å²) in [6.45, 7) is 3.66. The Morgan fingerprint density at radius 3 is 2.87 bits per heavy atom. The maximum Gasteiger partial charge on any atom is 0.341 e. The van der Waals surface area contributed by atoms with Crippen molar-refractivity contribution in [1.82, 2.24) is 9.47 Å². The monoisotopic (exact) mass is 418 g/mol. The SMILES string of the molecule is CC1COc2c(NCCCN3CCCC3=O)c(F)c(N)c3c(=O)c(C(=O)O)cn1c23. The van der Waals surface area contributed by atoms with Gasteiger partial charge in [-0.05, 0) is 19.8 Å². The molecular weight excluding hydrogens is 395 g/mol. The van der Waals surface area contributed by atoms with E-state index in [1.54, 1.807) is 16.4 Å². The van der Waals surface area contributed by atoms with Gasteiger partial charge in [-0.25, -0.2) is 9.18 Å². The van der Waals surface area contributed by atoms with Crippen LogP contribution in [0.5, 0.6) is 5.75 Å². The number of benzene rings is 1. The Hall–Kier alpha value is -3.30. The molecular formula is C20H23FN4O5. The van der Waals surface area contributed by atoms with Crippen molar-refractivity contribution in [3.05, 3.63) is 27.8 Å². The molecule has 1 amide bonds. The van der Waals surface area contributed by atoms with E-state index in [2.05, 4.69) is 5.32 Å². The highest BCUT2D eigenvalue weighted by Gasteiger charge is 2.30. The van der Waals surface area contributed by atoms with Gasteiger partial charge in [0.1, 0.15) is 17.9 Å². The first-order valence-corrected chi connectivity index (χ1v) is 9.88. The molecule has 9 nitrogen and oxygen atoms in total. The number of anilines is 2. The molecule has 10 heteroatoms. The number of carboxylic acids is 1. The van der Waals surface area contributed by atoms with Crippen molar-refractivity contribution in [1.29, 1.82) is 0 Å². The van der Waals surface area contributed by atoms with Gasteiger partial charge in [-0.2, -0.15) is 0 Å². The Morgan fingerprint density at radius 1 is 1.43 bits per heavy atom. The Labute approximate surface area is 171 Å². The molecule has 0 spiro atoms. The summed E-state index contributed by atoms with van der Waals surface area (Å²) in [5.41, 5.74) is 4.53. The molecule has 0 aliphatic carbocycles. The molecule has 1 unspecified atom stereocenters. The molecule has 160 valence electrons. The number of ether oxygens (including phenoxy) is 1. The van der Waals surface area contributed by atoms with Gasteiger partial charge >= 0.3 is 5.97 Å². The van der Waals surface area contributed by atoms with Crippen LogP contribution in [0.25, 0.3) is 10.9 Å². The first kappa shape index (κ1) is 20.0. The van der Waals surface area contributed by atoms with Crippen molar-refractivity contribution in [3.63, 3.8) is 0 Å². The van der Waals surface area contributed by atoms with Crippen LogP contribution in [0.1, 0.15) is 42.6 Å². The number of carboxylic acid groups (broad SMARTS) is 1. The Balaban J connectivity index is 1.72. The molecule has 1 aromatic carbocycles. The number of hydrogen-bond acceptors (Lipinski definition) is 6. The summed E-state index contributed by atoms with van der Waals surface area (Å²) in [6.07, 6.45) is 3.27.